The molecule has 0 aromatic heterocycles. The average Bonchev–Trinajstić information content (AvgIpc) is 2.72. The third kappa shape index (κ3) is 2.79. The van der Waals surface area contributed by atoms with Crippen molar-refractivity contribution in [3.8, 4) is 17.2 Å². The molecule has 142 valence electrons. The average molecular weight is 365 g/mol. The summed E-state index contributed by atoms with van der Waals surface area (Å²) in [5, 5.41) is 15.0. The highest BCUT2D eigenvalue weighted by molar-refractivity contribution is 6.12. The van der Waals surface area contributed by atoms with Crippen LogP contribution < -0.4 is 9.47 Å². The fraction of sp³-hybridized carbons (Fsp3) is 0.391. The molecule has 0 saturated carbocycles. The minimum absolute atomic E-state index is 0.170. The van der Waals surface area contributed by atoms with E-state index in [1.54, 1.807) is 14.2 Å². The predicted molar refractivity (Wildman–Crippen MR) is 110 cm³/mol. The van der Waals surface area contributed by atoms with Gasteiger partial charge in [-0.1, -0.05) is 19.9 Å². The van der Waals surface area contributed by atoms with Crippen LogP contribution in [0.15, 0.2) is 30.3 Å². The van der Waals surface area contributed by atoms with E-state index in [4.69, 9.17) is 9.47 Å². The summed E-state index contributed by atoms with van der Waals surface area (Å²) in [7, 11) is 3.29. The monoisotopic (exact) mass is 365 g/mol. The summed E-state index contributed by atoms with van der Waals surface area (Å²) < 4.78 is 10.9. The van der Waals surface area contributed by atoms with Crippen molar-refractivity contribution in [2.75, 3.05) is 20.8 Å². The van der Waals surface area contributed by atoms with Gasteiger partial charge in [-0.25, -0.2) is 0 Å². The number of hydrogen-bond donors (Lipinski definition) is 1. The maximum Gasteiger partial charge on any atom is 0.161 e. The Bertz CT molecular complexity index is 1010. The maximum absolute atomic E-state index is 10.4. The second kappa shape index (κ2) is 6.93. The Labute approximate surface area is 160 Å². The van der Waals surface area contributed by atoms with Gasteiger partial charge in [-0.05, 0) is 76.3 Å². The highest BCUT2D eigenvalue weighted by Gasteiger charge is 2.28. The van der Waals surface area contributed by atoms with E-state index in [-0.39, 0.29) is 5.75 Å². The van der Waals surface area contributed by atoms with Gasteiger partial charge in [-0.2, -0.15) is 0 Å². The third-order valence-corrected chi connectivity index (χ3v) is 6.05. The van der Waals surface area contributed by atoms with Gasteiger partial charge in [0.15, 0.2) is 11.5 Å². The number of phenolic OH excluding ortho intramolecular Hbond substituents is 1. The number of likely N-dealkylation sites (N-methyl/N-ethyl adjacent to an activating group) is 1. The molecule has 0 saturated heterocycles. The Balaban J connectivity index is 2.10. The minimum Gasteiger partial charge on any atom is -0.504 e. The minimum atomic E-state index is 0.170. The van der Waals surface area contributed by atoms with Crippen LogP contribution in [0, 0.1) is 0 Å². The Morgan fingerprint density at radius 1 is 0.963 bits per heavy atom. The SMILES string of the molecule is CCC1Cc2c(c3cc(OC)c(O)cc3c3cc(OC)ccc23)CN1CC. The summed E-state index contributed by atoms with van der Waals surface area (Å²) in [6, 6.07) is 10.7. The van der Waals surface area contributed by atoms with Gasteiger partial charge in [0.2, 0.25) is 0 Å². The molecule has 0 fully saturated rings. The van der Waals surface area contributed by atoms with E-state index >= 15 is 0 Å². The lowest BCUT2D eigenvalue weighted by atomic mass is 9.84. The summed E-state index contributed by atoms with van der Waals surface area (Å²) >= 11 is 0. The standard InChI is InChI=1S/C23H27NO3/c1-5-14-9-17-16-8-7-15(26-3)10-18(16)19-11-22(25)23(27-4)12-20(19)21(17)13-24(14)6-2/h7-8,10-12,14,25H,5-6,9,13H2,1-4H3. The van der Waals surface area contributed by atoms with E-state index in [0.717, 1.165) is 47.8 Å². The molecule has 1 heterocycles. The van der Waals surface area contributed by atoms with Gasteiger partial charge in [-0.3, -0.25) is 4.90 Å². The van der Waals surface area contributed by atoms with Crippen LogP contribution in [0.1, 0.15) is 31.4 Å². The van der Waals surface area contributed by atoms with Crippen LogP contribution in [-0.2, 0) is 13.0 Å². The molecule has 1 atom stereocenters. The molecule has 1 N–H and O–H groups in total. The molecule has 0 spiro atoms. The Kier molecular flexibility index (Phi) is 4.60. The largest absolute Gasteiger partial charge is 0.504 e. The maximum atomic E-state index is 10.4. The lowest BCUT2D eigenvalue weighted by molar-refractivity contribution is 0.178. The number of ether oxygens (including phenoxy) is 2. The highest BCUT2D eigenvalue weighted by atomic mass is 16.5. The number of nitrogens with zero attached hydrogens (tertiary/aromatic N) is 1. The van der Waals surface area contributed by atoms with Gasteiger partial charge in [0.05, 0.1) is 14.2 Å². The summed E-state index contributed by atoms with van der Waals surface area (Å²) in [5.41, 5.74) is 2.77. The molecule has 1 unspecified atom stereocenters. The Morgan fingerprint density at radius 3 is 2.41 bits per heavy atom. The van der Waals surface area contributed by atoms with Crippen molar-refractivity contribution in [1.82, 2.24) is 4.90 Å². The number of methoxy groups -OCH3 is 2. The first-order valence-corrected chi connectivity index (χ1v) is 9.67. The lowest BCUT2D eigenvalue weighted by Gasteiger charge is -2.37. The van der Waals surface area contributed by atoms with Crippen LogP contribution in [0.5, 0.6) is 17.2 Å². The number of aromatic hydroxyl groups is 1. The van der Waals surface area contributed by atoms with E-state index in [9.17, 15) is 5.11 Å². The Hall–Kier alpha value is -2.46. The van der Waals surface area contributed by atoms with E-state index in [0.29, 0.717) is 11.8 Å². The number of fused-ring (bicyclic) bond motifs is 6. The van der Waals surface area contributed by atoms with Gasteiger partial charge in [-0.15, -0.1) is 0 Å². The third-order valence-electron chi connectivity index (χ3n) is 6.05. The van der Waals surface area contributed by atoms with Crippen LogP contribution in [0.3, 0.4) is 0 Å². The molecule has 4 nitrogen and oxygen atoms in total. The molecule has 4 rings (SSSR count). The van der Waals surface area contributed by atoms with Crippen LogP contribution in [0.2, 0.25) is 0 Å². The second-order valence-corrected chi connectivity index (χ2v) is 7.27. The van der Waals surface area contributed by atoms with Gasteiger partial charge < -0.3 is 14.6 Å². The van der Waals surface area contributed by atoms with Crippen molar-refractivity contribution in [3.63, 3.8) is 0 Å². The Morgan fingerprint density at radius 2 is 1.74 bits per heavy atom. The quantitative estimate of drug-likeness (QED) is 0.670. The molecule has 3 aromatic carbocycles. The fourth-order valence-electron chi connectivity index (χ4n) is 4.55. The van der Waals surface area contributed by atoms with Gasteiger partial charge in [0.1, 0.15) is 5.75 Å². The number of benzene rings is 3. The van der Waals surface area contributed by atoms with E-state index in [2.05, 4.69) is 30.9 Å². The molecule has 3 aromatic rings. The number of hydrogen-bond acceptors (Lipinski definition) is 4. The van der Waals surface area contributed by atoms with Crippen molar-refractivity contribution >= 4 is 21.5 Å². The highest BCUT2D eigenvalue weighted by Crippen LogP contribution is 2.43. The zero-order valence-electron chi connectivity index (χ0n) is 16.5. The topological polar surface area (TPSA) is 41.9 Å². The van der Waals surface area contributed by atoms with Gasteiger partial charge in [0, 0.05) is 12.6 Å². The zero-order chi connectivity index (χ0) is 19.1. The predicted octanol–water partition coefficient (Wildman–Crippen LogP) is 4.87. The number of rotatable bonds is 4. The fourth-order valence-corrected chi connectivity index (χ4v) is 4.55. The van der Waals surface area contributed by atoms with Crippen molar-refractivity contribution in [1.29, 1.82) is 0 Å². The molecule has 0 aliphatic carbocycles. The summed E-state index contributed by atoms with van der Waals surface area (Å²) in [4.78, 5) is 2.55. The molecule has 0 radical (unpaired) electrons. The normalized spacial score (nSPS) is 17.3. The van der Waals surface area contributed by atoms with Crippen molar-refractivity contribution in [2.45, 2.75) is 39.3 Å². The molecular weight excluding hydrogens is 338 g/mol. The van der Waals surface area contributed by atoms with Crippen molar-refractivity contribution in [3.05, 3.63) is 41.5 Å². The molecule has 4 heteroatoms. The first-order chi connectivity index (χ1) is 13.1. The lowest BCUT2D eigenvalue weighted by Crippen LogP contribution is -2.39. The molecule has 1 aliphatic heterocycles. The van der Waals surface area contributed by atoms with E-state index < -0.39 is 0 Å². The smallest absolute Gasteiger partial charge is 0.161 e. The first-order valence-electron chi connectivity index (χ1n) is 9.67. The van der Waals surface area contributed by atoms with Gasteiger partial charge in [0.25, 0.3) is 0 Å². The van der Waals surface area contributed by atoms with Crippen molar-refractivity contribution in [2.24, 2.45) is 0 Å². The molecule has 0 amide bonds. The molecular formula is C23H27NO3. The van der Waals surface area contributed by atoms with Gasteiger partial charge >= 0.3 is 0 Å². The van der Waals surface area contributed by atoms with Crippen molar-refractivity contribution < 1.29 is 14.6 Å². The summed E-state index contributed by atoms with van der Waals surface area (Å²) in [5.74, 6) is 1.52. The first kappa shape index (κ1) is 17.9. The molecule has 0 bridgehead atoms. The molecule has 27 heavy (non-hydrogen) atoms. The summed E-state index contributed by atoms with van der Waals surface area (Å²) in [6.45, 7) is 6.46. The zero-order valence-corrected chi connectivity index (χ0v) is 16.5. The van der Waals surface area contributed by atoms with Crippen LogP contribution in [0.25, 0.3) is 21.5 Å². The second-order valence-electron chi connectivity index (χ2n) is 7.27. The van der Waals surface area contributed by atoms with Crippen LogP contribution in [-0.4, -0.2) is 36.8 Å². The number of phenols is 1. The van der Waals surface area contributed by atoms with E-state index in [1.165, 1.54) is 16.5 Å². The van der Waals surface area contributed by atoms with Crippen LogP contribution in [0.4, 0.5) is 0 Å². The van der Waals surface area contributed by atoms with Crippen LogP contribution >= 0.6 is 0 Å². The van der Waals surface area contributed by atoms with E-state index in [1.807, 2.05) is 18.2 Å². The molecule has 1 aliphatic rings. The summed E-state index contributed by atoms with van der Waals surface area (Å²) in [6.07, 6.45) is 2.18.